The fraction of sp³-hybridized carbons (Fsp3) is 0.238. The number of halogens is 1. The summed E-state index contributed by atoms with van der Waals surface area (Å²) in [6, 6.07) is 12.2. The fourth-order valence-corrected chi connectivity index (χ4v) is 3.40. The van der Waals surface area contributed by atoms with Crippen LogP contribution in [0.3, 0.4) is 0 Å². The third-order valence-electron chi connectivity index (χ3n) is 4.52. The monoisotopic (exact) mass is 400 g/mol. The van der Waals surface area contributed by atoms with Crippen molar-refractivity contribution in [3.63, 3.8) is 0 Å². The van der Waals surface area contributed by atoms with Gasteiger partial charge in [-0.2, -0.15) is 0 Å². The molecule has 1 amide bonds. The van der Waals surface area contributed by atoms with Gasteiger partial charge in [0.05, 0.1) is 24.8 Å². The van der Waals surface area contributed by atoms with Crippen LogP contribution in [0.25, 0.3) is 10.9 Å². The first kappa shape index (κ1) is 19.8. The second-order valence-corrected chi connectivity index (χ2v) is 6.73. The number of nitrogens with one attached hydrogen (secondary N) is 1. The van der Waals surface area contributed by atoms with Crippen molar-refractivity contribution >= 4 is 34.1 Å². The summed E-state index contributed by atoms with van der Waals surface area (Å²) in [6.07, 6.45) is 0.125. The van der Waals surface area contributed by atoms with Gasteiger partial charge in [-0.25, -0.2) is 0 Å². The summed E-state index contributed by atoms with van der Waals surface area (Å²) >= 11 is 6.08. The average Bonchev–Trinajstić information content (AvgIpc) is 2.67. The van der Waals surface area contributed by atoms with E-state index in [-0.39, 0.29) is 24.4 Å². The average molecular weight is 401 g/mol. The third-order valence-corrected chi connectivity index (χ3v) is 4.81. The molecule has 1 N–H and O–H groups in total. The smallest absolute Gasteiger partial charge is 0.251 e. The Labute approximate surface area is 167 Å². The first-order chi connectivity index (χ1) is 13.4. The van der Waals surface area contributed by atoms with E-state index in [4.69, 9.17) is 21.1 Å². The number of aromatic nitrogens is 1. The Morgan fingerprint density at radius 3 is 2.54 bits per heavy atom. The number of rotatable bonds is 6. The van der Waals surface area contributed by atoms with E-state index in [0.29, 0.717) is 27.7 Å². The molecular weight excluding hydrogens is 380 g/mol. The number of ether oxygens (including phenoxy) is 2. The van der Waals surface area contributed by atoms with Gasteiger partial charge in [0.1, 0.15) is 11.5 Å². The minimum atomic E-state index is -0.225. The Kier molecular flexibility index (Phi) is 5.90. The number of pyridine rings is 1. The zero-order chi connectivity index (χ0) is 20.3. The number of carbonyl (C=O) groups excluding carboxylic acids is 1. The molecule has 1 heterocycles. The van der Waals surface area contributed by atoms with Crippen LogP contribution in [0.4, 0.5) is 5.69 Å². The number of methoxy groups -OCH3 is 2. The SMILES string of the molecule is COc1ccc(NC(=O)CCn2c(=O)cc(C)c3cccc(OC)c32)cc1Cl. The maximum atomic E-state index is 12.6. The molecule has 2 aromatic carbocycles. The minimum absolute atomic E-state index is 0.125. The highest BCUT2D eigenvalue weighted by Crippen LogP contribution is 2.28. The summed E-state index contributed by atoms with van der Waals surface area (Å²) in [6.45, 7) is 2.11. The van der Waals surface area contributed by atoms with Crippen molar-refractivity contribution < 1.29 is 14.3 Å². The molecule has 0 spiro atoms. The van der Waals surface area contributed by atoms with Crippen LogP contribution in [0.15, 0.2) is 47.3 Å². The molecule has 7 heteroatoms. The quantitative estimate of drug-likeness (QED) is 0.678. The van der Waals surface area contributed by atoms with Crippen LogP contribution in [-0.2, 0) is 11.3 Å². The van der Waals surface area contributed by atoms with E-state index in [1.807, 2.05) is 19.1 Å². The van der Waals surface area contributed by atoms with E-state index in [2.05, 4.69) is 5.32 Å². The van der Waals surface area contributed by atoms with Crippen LogP contribution in [0.5, 0.6) is 11.5 Å². The first-order valence-corrected chi connectivity index (χ1v) is 9.13. The van der Waals surface area contributed by atoms with Crippen molar-refractivity contribution in [2.45, 2.75) is 19.9 Å². The molecule has 0 radical (unpaired) electrons. The first-order valence-electron chi connectivity index (χ1n) is 8.75. The molecular formula is C21H21ClN2O4. The van der Waals surface area contributed by atoms with Crippen LogP contribution in [0.1, 0.15) is 12.0 Å². The molecule has 0 aliphatic heterocycles. The van der Waals surface area contributed by atoms with Gasteiger partial charge in [-0.1, -0.05) is 23.7 Å². The molecule has 0 unspecified atom stereocenters. The number of carbonyl (C=O) groups is 1. The zero-order valence-corrected chi connectivity index (χ0v) is 16.7. The molecule has 6 nitrogen and oxygen atoms in total. The van der Waals surface area contributed by atoms with Gasteiger partial charge in [0.15, 0.2) is 0 Å². The second kappa shape index (κ2) is 8.35. The summed E-state index contributed by atoms with van der Waals surface area (Å²) in [5, 5.41) is 4.11. The molecule has 0 fully saturated rings. The summed E-state index contributed by atoms with van der Waals surface area (Å²) < 4.78 is 12.1. The maximum Gasteiger partial charge on any atom is 0.251 e. The predicted octanol–water partition coefficient (Wildman–Crippen LogP) is 4.01. The standard InChI is InChI=1S/C21H21ClN2O4/c1-13-11-20(26)24(21-15(13)5-4-6-18(21)28-3)10-9-19(25)23-14-7-8-17(27-2)16(22)12-14/h4-8,11-12H,9-10H2,1-3H3,(H,23,25). The zero-order valence-electron chi connectivity index (χ0n) is 15.9. The normalized spacial score (nSPS) is 10.7. The van der Waals surface area contributed by atoms with Crippen LogP contribution in [0.2, 0.25) is 5.02 Å². The van der Waals surface area contributed by atoms with Gasteiger partial charge < -0.3 is 19.4 Å². The highest BCUT2D eigenvalue weighted by Gasteiger charge is 2.13. The summed E-state index contributed by atoms with van der Waals surface area (Å²) in [5.74, 6) is 0.904. The van der Waals surface area contributed by atoms with E-state index < -0.39 is 0 Å². The highest BCUT2D eigenvalue weighted by atomic mass is 35.5. The minimum Gasteiger partial charge on any atom is -0.495 e. The number of fused-ring (bicyclic) bond motifs is 1. The number of hydrogen-bond acceptors (Lipinski definition) is 4. The van der Waals surface area contributed by atoms with Gasteiger partial charge in [0.2, 0.25) is 5.91 Å². The molecule has 0 aliphatic carbocycles. The lowest BCUT2D eigenvalue weighted by atomic mass is 10.1. The molecule has 0 saturated carbocycles. The lowest BCUT2D eigenvalue weighted by molar-refractivity contribution is -0.116. The molecule has 1 aromatic heterocycles. The molecule has 0 saturated heterocycles. The molecule has 0 bridgehead atoms. The van der Waals surface area contributed by atoms with Gasteiger partial charge in [-0.3, -0.25) is 9.59 Å². The molecule has 3 rings (SSSR count). The van der Waals surface area contributed by atoms with E-state index in [1.165, 1.54) is 7.11 Å². The number of nitrogens with zero attached hydrogens (tertiary/aromatic N) is 1. The van der Waals surface area contributed by atoms with Crippen molar-refractivity contribution in [2.24, 2.45) is 0 Å². The van der Waals surface area contributed by atoms with Gasteiger partial charge in [-0.15, -0.1) is 0 Å². The molecule has 3 aromatic rings. The van der Waals surface area contributed by atoms with Gasteiger partial charge in [0, 0.05) is 30.1 Å². The lowest BCUT2D eigenvalue weighted by Gasteiger charge is -2.15. The van der Waals surface area contributed by atoms with Crippen LogP contribution < -0.4 is 20.3 Å². The second-order valence-electron chi connectivity index (χ2n) is 6.32. The van der Waals surface area contributed by atoms with E-state index in [1.54, 1.807) is 42.0 Å². The Morgan fingerprint density at radius 2 is 1.86 bits per heavy atom. The Bertz CT molecular complexity index is 1090. The number of hydrogen-bond donors (Lipinski definition) is 1. The van der Waals surface area contributed by atoms with Crippen molar-refractivity contribution in [2.75, 3.05) is 19.5 Å². The Hall–Kier alpha value is -2.99. The van der Waals surface area contributed by atoms with E-state index in [0.717, 1.165) is 10.9 Å². The summed E-state index contributed by atoms with van der Waals surface area (Å²) in [7, 11) is 3.09. The van der Waals surface area contributed by atoms with Crippen LogP contribution in [0, 0.1) is 6.92 Å². The van der Waals surface area contributed by atoms with Crippen LogP contribution in [-0.4, -0.2) is 24.7 Å². The highest BCUT2D eigenvalue weighted by molar-refractivity contribution is 6.32. The molecule has 28 heavy (non-hydrogen) atoms. The number of benzene rings is 2. The van der Waals surface area contributed by atoms with E-state index in [9.17, 15) is 9.59 Å². The van der Waals surface area contributed by atoms with Gasteiger partial charge in [0.25, 0.3) is 5.56 Å². The largest absolute Gasteiger partial charge is 0.495 e. The van der Waals surface area contributed by atoms with Crippen molar-refractivity contribution in [1.82, 2.24) is 4.57 Å². The summed E-state index contributed by atoms with van der Waals surface area (Å²) in [5.41, 5.74) is 1.95. The van der Waals surface area contributed by atoms with Gasteiger partial charge in [-0.05, 0) is 36.8 Å². The molecule has 0 aliphatic rings. The van der Waals surface area contributed by atoms with Gasteiger partial charge >= 0.3 is 0 Å². The number of anilines is 1. The van der Waals surface area contributed by atoms with Crippen molar-refractivity contribution in [3.05, 3.63) is 63.4 Å². The van der Waals surface area contributed by atoms with Crippen molar-refractivity contribution in [3.8, 4) is 11.5 Å². The maximum absolute atomic E-state index is 12.6. The Balaban J connectivity index is 1.83. The molecule has 146 valence electrons. The Morgan fingerprint density at radius 1 is 1.11 bits per heavy atom. The fourth-order valence-electron chi connectivity index (χ4n) is 3.14. The topological polar surface area (TPSA) is 69.6 Å². The van der Waals surface area contributed by atoms with Crippen LogP contribution >= 0.6 is 11.6 Å². The van der Waals surface area contributed by atoms with Crippen molar-refractivity contribution in [1.29, 1.82) is 0 Å². The molecule has 0 atom stereocenters. The lowest BCUT2D eigenvalue weighted by Crippen LogP contribution is -2.24. The summed E-state index contributed by atoms with van der Waals surface area (Å²) in [4.78, 5) is 24.9. The number of aryl methyl sites for hydroxylation is 2. The third kappa shape index (κ3) is 3.97. The predicted molar refractivity (Wildman–Crippen MR) is 111 cm³/mol. The van der Waals surface area contributed by atoms with E-state index >= 15 is 0 Å². The number of para-hydroxylation sites is 1. The number of amides is 1.